The van der Waals surface area contributed by atoms with Gasteiger partial charge in [-0.05, 0) is 44.0 Å². The number of thioether (sulfide) groups is 1. The van der Waals surface area contributed by atoms with Crippen molar-refractivity contribution >= 4 is 34.2 Å². The molecule has 2 aromatic carbocycles. The van der Waals surface area contributed by atoms with E-state index in [1.807, 2.05) is 32.9 Å². The first kappa shape index (κ1) is 22.4. The summed E-state index contributed by atoms with van der Waals surface area (Å²) < 4.78 is 29.4. The molecule has 0 fully saturated rings. The van der Waals surface area contributed by atoms with Gasteiger partial charge in [0.2, 0.25) is 11.1 Å². The number of anilines is 2. The van der Waals surface area contributed by atoms with Crippen molar-refractivity contribution in [3.63, 3.8) is 0 Å². The van der Waals surface area contributed by atoms with Crippen LogP contribution >= 0.6 is 11.8 Å². The summed E-state index contributed by atoms with van der Waals surface area (Å²) >= 11 is 1.02. The van der Waals surface area contributed by atoms with E-state index in [0.717, 1.165) is 34.1 Å². The minimum Gasteiger partial charge on any atom is -0.433 e. The van der Waals surface area contributed by atoms with E-state index in [1.165, 1.54) is 23.2 Å². The molecule has 0 radical (unpaired) electrons. The van der Waals surface area contributed by atoms with Crippen LogP contribution in [-0.4, -0.2) is 23.4 Å². The standard InChI is InChI=1S/C19H23F2N5O2S/c1-11-8-12(2)17(13(3)9-11)26(23)19(25-22)29-10-16(27)24-14-6-4-5-7-15(14)28-18(20)21/h4-9,18H,10,22-23H2,1-3H3,(H,24,27)/b25-19+. The second kappa shape index (κ2) is 10.1. The molecule has 7 nitrogen and oxygen atoms in total. The number of hydrogen-bond donors (Lipinski definition) is 3. The van der Waals surface area contributed by atoms with Gasteiger partial charge >= 0.3 is 6.61 Å². The van der Waals surface area contributed by atoms with Crippen LogP contribution in [0.1, 0.15) is 16.7 Å². The maximum absolute atomic E-state index is 12.5. The first-order valence-electron chi connectivity index (χ1n) is 8.60. The largest absolute Gasteiger partial charge is 0.433 e. The fourth-order valence-corrected chi connectivity index (χ4v) is 3.54. The number of hydrogen-bond acceptors (Lipinski definition) is 6. The Balaban J connectivity index is 2.06. The fourth-order valence-electron chi connectivity index (χ4n) is 2.90. The van der Waals surface area contributed by atoms with Gasteiger partial charge in [0.1, 0.15) is 5.75 Å². The SMILES string of the molecule is Cc1cc(C)c(N(N)/C(=N\N)SCC(=O)Nc2ccccc2OC(F)F)c(C)c1. The average Bonchev–Trinajstić information content (AvgIpc) is 2.62. The highest BCUT2D eigenvalue weighted by molar-refractivity contribution is 8.14. The van der Waals surface area contributed by atoms with Crippen LogP contribution in [0.3, 0.4) is 0 Å². The van der Waals surface area contributed by atoms with E-state index in [-0.39, 0.29) is 22.4 Å². The minimum atomic E-state index is -3.00. The lowest BCUT2D eigenvalue weighted by molar-refractivity contribution is -0.113. The number of amides is 1. The van der Waals surface area contributed by atoms with Gasteiger partial charge in [-0.1, -0.05) is 41.6 Å². The van der Waals surface area contributed by atoms with Gasteiger partial charge in [-0.15, -0.1) is 0 Å². The maximum atomic E-state index is 12.5. The van der Waals surface area contributed by atoms with Gasteiger partial charge in [-0.2, -0.15) is 13.9 Å². The van der Waals surface area contributed by atoms with E-state index >= 15 is 0 Å². The van der Waals surface area contributed by atoms with E-state index in [1.54, 1.807) is 6.07 Å². The zero-order valence-corrected chi connectivity index (χ0v) is 17.1. The number of rotatable bonds is 6. The number of nitrogens with two attached hydrogens (primary N) is 2. The van der Waals surface area contributed by atoms with Crippen molar-refractivity contribution < 1.29 is 18.3 Å². The number of carbonyl (C=O) groups excluding carboxylic acids is 1. The lowest BCUT2D eigenvalue weighted by Gasteiger charge is -2.23. The normalized spacial score (nSPS) is 11.5. The summed E-state index contributed by atoms with van der Waals surface area (Å²) in [4.78, 5) is 12.3. The van der Waals surface area contributed by atoms with Crippen LogP contribution in [0.4, 0.5) is 20.2 Å². The number of aryl methyl sites for hydroxylation is 3. The molecule has 0 aliphatic heterocycles. The first-order chi connectivity index (χ1) is 13.7. The van der Waals surface area contributed by atoms with Crippen molar-refractivity contribution in [1.29, 1.82) is 0 Å². The predicted octanol–water partition coefficient (Wildman–Crippen LogP) is 3.49. The number of benzene rings is 2. The minimum absolute atomic E-state index is 0.0866. The van der Waals surface area contributed by atoms with E-state index in [9.17, 15) is 13.6 Å². The molecule has 0 atom stereocenters. The highest BCUT2D eigenvalue weighted by Crippen LogP contribution is 2.28. The van der Waals surface area contributed by atoms with Crippen molar-refractivity contribution in [3.05, 3.63) is 53.1 Å². The predicted molar refractivity (Wildman–Crippen MR) is 113 cm³/mol. The van der Waals surface area contributed by atoms with Crippen molar-refractivity contribution in [2.24, 2.45) is 16.8 Å². The topological polar surface area (TPSA) is 106 Å². The van der Waals surface area contributed by atoms with Gasteiger partial charge in [-0.3, -0.25) is 9.80 Å². The number of para-hydroxylation sites is 2. The first-order valence-corrected chi connectivity index (χ1v) is 9.58. The van der Waals surface area contributed by atoms with Gasteiger partial charge in [-0.25, -0.2) is 5.84 Å². The van der Waals surface area contributed by atoms with Gasteiger partial charge in [0.15, 0.2) is 0 Å². The summed E-state index contributed by atoms with van der Waals surface area (Å²) in [5.41, 5.74) is 3.85. The van der Waals surface area contributed by atoms with Crippen molar-refractivity contribution in [2.75, 3.05) is 16.1 Å². The molecule has 0 spiro atoms. The molecule has 2 rings (SSSR count). The number of halogens is 2. The zero-order valence-electron chi connectivity index (χ0n) is 16.3. The van der Waals surface area contributed by atoms with E-state index in [4.69, 9.17) is 11.7 Å². The van der Waals surface area contributed by atoms with Crippen LogP contribution in [0.5, 0.6) is 5.75 Å². The summed E-state index contributed by atoms with van der Waals surface area (Å²) in [6.07, 6.45) is 0. The molecule has 10 heteroatoms. The number of hydrazone groups is 1. The second-order valence-electron chi connectivity index (χ2n) is 6.24. The molecular weight excluding hydrogens is 400 g/mol. The maximum Gasteiger partial charge on any atom is 0.387 e. The lowest BCUT2D eigenvalue weighted by Crippen LogP contribution is -2.38. The van der Waals surface area contributed by atoms with Crippen LogP contribution < -0.4 is 26.7 Å². The molecule has 0 bridgehead atoms. The van der Waals surface area contributed by atoms with Gasteiger partial charge in [0, 0.05) is 0 Å². The second-order valence-corrected chi connectivity index (χ2v) is 7.18. The molecule has 0 heterocycles. The summed E-state index contributed by atoms with van der Waals surface area (Å²) in [6.45, 7) is 2.82. The Morgan fingerprint density at radius 3 is 2.45 bits per heavy atom. The van der Waals surface area contributed by atoms with Crippen LogP contribution in [0.15, 0.2) is 41.5 Å². The third-order valence-electron chi connectivity index (χ3n) is 3.90. The number of nitrogens with one attached hydrogen (secondary N) is 1. The number of nitrogens with zero attached hydrogens (tertiary/aromatic N) is 2. The number of carbonyl (C=O) groups is 1. The smallest absolute Gasteiger partial charge is 0.387 e. The summed E-state index contributed by atoms with van der Waals surface area (Å²) in [7, 11) is 0. The van der Waals surface area contributed by atoms with Crippen LogP contribution in [-0.2, 0) is 4.79 Å². The van der Waals surface area contributed by atoms with Crippen LogP contribution in [0, 0.1) is 20.8 Å². The Hall–Kier alpha value is -2.85. The lowest BCUT2D eigenvalue weighted by atomic mass is 10.1. The van der Waals surface area contributed by atoms with Gasteiger partial charge < -0.3 is 15.9 Å². The molecule has 29 heavy (non-hydrogen) atoms. The Kier molecular flexibility index (Phi) is 7.80. The van der Waals surface area contributed by atoms with Gasteiger partial charge in [0.05, 0.1) is 17.1 Å². The fraction of sp³-hybridized carbons (Fsp3) is 0.263. The van der Waals surface area contributed by atoms with Crippen molar-refractivity contribution in [3.8, 4) is 5.75 Å². The molecule has 0 saturated carbocycles. The Morgan fingerprint density at radius 1 is 1.24 bits per heavy atom. The van der Waals surface area contributed by atoms with Crippen LogP contribution in [0.25, 0.3) is 0 Å². The highest BCUT2D eigenvalue weighted by Gasteiger charge is 2.18. The molecule has 156 valence electrons. The quantitative estimate of drug-likeness (QED) is 0.284. The Labute approximate surface area is 172 Å². The molecule has 0 saturated heterocycles. The Bertz CT molecular complexity index is 885. The molecule has 0 aliphatic rings. The van der Waals surface area contributed by atoms with Gasteiger partial charge in [0.25, 0.3) is 0 Å². The van der Waals surface area contributed by atoms with Crippen molar-refractivity contribution in [2.45, 2.75) is 27.4 Å². The molecule has 5 N–H and O–H groups in total. The molecular formula is C19H23F2N5O2S. The summed E-state index contributed by atoms with van der Waals surface area (Å²) in [5.74, 6) is 11.0. The third kappa shape index (κ3) is 6.06. The van der Waals surface area contributed by atoms with E-state index < -0.39 is 12.5 Å². The van der Waals surface area contributed by atoms with Crippen LogP contribution in [0.2, 0.25) is 0 Å². The molecule has 1 amide bonds. The molecule has 2 aromatic rings. The van der Waals surface area contributed by atoms with Crippen molar-refractivity contribution in [1.82, 2.24) is 0 Å². The van der Waals surface area contributed by atoms with E-state index in [0.29, 0.717) is 0 Å². The number of ether oxygens (including phenoxy) is 1. The summed E-state index contributed by atoms with van der Waals surface area (Å²) in [5, 5.41) is 7.77. The number of amidine groups is 1. The Morgan fingerprint density at radius 2 is 1.86 bits per heavy atom. The molecule has 0 aliphatic carbocycles. The number of alkyl halides is 2. The summed E-state index contributed by atoms with van der Waals surface area (Å²) in [6, 6.07) is 9.89. The monoisotopic (exact) mass is 423 g/mol. The molecule has 0 unspecified atom stereocenters. The zero-order chi connectivity index (χ0) is 21.6. The highest BCUT2D eigenvalue weighted by atomic mass is 32.2. The third-order valence-corrected chi connectivity index (χ3v) is 4.87. The molecule has 0 aromatic heterocycles. The number of hydrazine groups is 1. The average molecular weight is 423 g/mol. The van der Waals surface area contributed by atoms with E-state index in [2.05, 4.69) is 15.2 Å².